The molecule has 1 atom stereocenters. The van der Waals surface area contributed by atoms with E-state index in [2.05, 4.69) is 26.7 Å². The summed E-state index contributed by atoms with van der Waals surface area (Å²) in [6.07, 6.45) is 3.50. The standard InChI is InChI=1S/C22H25FN4O3S/c1-16-7-4-5-13-27(16)14-12-24-31(28,29)20-11-3-2-10-19(20)22-25-21(26-30-22)17-8-6-9-18(23)15-17/h2-3,6,8-11,15-16,24H,4-5,7,12-14H2,1H3. The van der Waals surface area contributed by atoms with E-state index in [9.17, 15) is 12.8 Å². The van der Waals surface area contributed by atoms with Crippen LogP contribution in [0.1, 0.15) is 26.2 Å². The molecule has 0 radical (unpaired) electrons. The fourth-order valence-electron chi connectivity index (χ4n) is 3.85. The summed E-state index contributed by atoms with van der Waals surface area (Å²) >= 11 is 0. The molecule has 1 fully saturated rings. The Bertz CT molecular complexity index is 1150. The van der Waals surface area contributed by atoms with Crippen molar-refractivity contribution < 1.29 is 17.3 Å². The molecule has 3 aromatic rings. The summed E-state index contributed by atoms with van der Waals surface area (Å²) in [5.41, 5.74) is 0.751. The number of piperidine rings is 1. The van der Waals surface area contributed by atoms with Gasteiger partial charge in [-0.2, -0.15) is 4.98 Å². The molecule has 1 N–H and O–H groups in total. The number of aromatic nitrogens is 2. The molecule has 2 aromatic carbocycles. The Morgan fingerprint density at radius 3 is 2.84 bits per heavy atom. The lowest BCUT2D eigenvalue weighted by atomic mass is 10.0. The molecule has 4 rings (SSSR count). The van der Waals surface area contributed by atoms with Crippen LogP contribution in [-0.2, 0) is 10.0 Å². The van der Waals surface area contributed by atoms with Crippen LogP contribution in [0.15, 0.2) is 57.9 Å². The number of halogens is 1. The average molecular weight is 445 g/mol. The van der Waals surface area contributed by atoms with E-state index in [1.807, 2.05) is 0 Å². The summed E-state index contributed by atoms with van der Waals surface area (Å²) in [7, 11) is -3.78. The number of nitrogens with one attached hydrogen (secondary N) is 1. The lowest BCUT2D eigenvalue weighted by Gasteiger charge is -2.33. The number of sulfonamides is 1. The Labute approximate surface area is 181 Å². The summed E-state index contributed by atoms with van der Waals surface area (Å²) < 4.78 is 47.5. The van der Waals surface area contributed by atoms with Crippen molar-refractivity contribution in [2.75, 3.05) is 19.6 Å². The molecule has 9 heteroatoms. The van der Waals surface area contributed by atoms with Gasteiger partial charge in [0.25, 0.3) is 5.89 Å². The Kier molecular flexibility index (Phi) is 6.45. The zero-order valence-corrected chi connectivity index (χ0v) is 18.1. The first kappa shape index (κ1) is 21.6. The molecule has 7 nitrogen and oxygen atoms in total. The second-order valence-corrected chi connectivity index (χ2v) is 9.44. The summed E-state index contributed by atoms with van der Waals surface area (Å²) in [5, 5.41) is 3.88. The van der Waals surface area contributed by atoms with Crippen LogP contribution in [0.3, 0.4) is 0 Å². The first-order valence-electron chi connectivity index (χ1n) is 10.4. The van der Waals surface area contributed by atoms with Crippen LogP contribution >= 0.6 is 0 Å². The molecule has 1 aromatic heterocycles. The van der Waals surface area contributed by atoms with E-state index in [1.54, 1.807) is 30.3 Å². The maximum absolute atomic E-state index is 13.5. The number of rotatable bonds is 7. The zero-order valence-electron chi connectivity index (χ0n) is 17.3. The molecular formula is C22H25FN4O3S. The predicted molar refractivity (Wildman–Crippen MR) is 115 cm³/mol. The molecular weight excluding hydrogens is 419 g/mol. The van der Waals surface area contributed by atoms with Crippen LogP contribution in [0.25, 0.3) is 22.8 Å². The first-order valence-corrected chi connectivity index (χ1v) is 11.8. The summed E-state index contributed by atoms with van der Waals surface area (Å²) in [6, 6.07) is 12.8. The minimum Gasteiger partial charge on any atom is -0.334 e. The zero-order chi connectivity index (χ0) is 21.8. The second kappa shape index (κ2) is 9.25. The van der Waals surface area contributed by atoms with Crippen molar-refractivity contribution in [3.8, 4) is 22.8 Å². The largest absolute Gasteiger partial charge is 0.334 e. The third kappa shape index (κ3) is 5.00. The Hall–Kier alpha value is -2.62. The molecule has 0 amide bonds. The molecule has 0 bridgehead atoms. The van der Waals surface area contributed by atoms with Crippen molar-refractivity contribution in [1.82, 2.24) is 19.8 Å². The quantitative estimate of drug-likeness (QED) is 0.598. The predicted octanol–water partition coefficient (Wildman–Crippen LogP) is 3.70. The first-order chi connectivity index (χ1) is 14.9. The second-order valence-electron chi connectivity index (χ2n) is 7.71. The lowest BCUT2D eigenvalue weighted by molar-refractivity contribution is 0.164. The van der Waals surface area contributed by atoms with Gasteiger partial charge in [0.1, 0.15) is 5.82 Å². The molecule has 1 aliphatic heterocycles. The third-order valence-corrected chi connectivity index (χ3v) is 7.07. The van der Waals surface area contributed by atoms with E-state index in [0.29, 0.717) is 30.3 Å². The molecule has 0 spiro atoms. The van der Waals surface area contributed by atoms with Crippen LogP contribution in [0.5, 0.6) is 0 Å². The normalized spacial score (nSPS) is 17.7. The van der Waals surface area contributed by atoms with Crippen molar-refractivity contribution >= 4 is 10.0 Å². The highest BCUT2D eigenvalue weighted by molar-refractivity contribution is 7.89. The van der Waals surface area contributed by atoms with Crippen molar-refractivity contribution in [3.05, 3.63) is 54.3 Å². The van der Waals surface area contributed by atoms with Gasteiger partial charge in [-0.3, -0.25) is 4.90 Å². The van der Waals surface area contributed by atoms with Gasteiger partial charge in [0.15, 0.2) is 0 Å². The Morgan fingerprint density at radius 1 is 1.19 bits per heavy atom. The number of nitrogens with zero attached hydrogens (tertiary/aromatic N) is 3. The van der Waals surface area contributed by atoms with Gasteiger partial charge in [-0.05, 0) is 50.6 Å². The molecule has 2 heterocycles. The molecule has 1 unspecified atom stereocenters. The maximum Gasteiger partial charge on any atom is 0.259 e. The van der Waals surface area contributed by atoms with E-state index in [4.69, 9.17) is 4.52 Å². The fraction of sp³-hybridized carbons (Fsp3) is 0.364. The summed E-state index contributed by atoms with van der Waals surface area (Å²) in [5.74, 6) is -0.169. The van der Waals surface area contributed by atoms with Gasteiger partial charge < -0.3 is 4.52 Å². The van der Waals surface area contributed by atoms with E-state index in [1.165, 1.54) is 24.6 Å². The Balaban J connectivity index is 1.53. The van der Waals surface area contributed by atoms with Crippen LogP contribution in [0.4, 0.5) is 4.39 Å². The molecule has 1 saturated heterocycles. The highest BCUT2D eigenvalue weighted by atomic mass is 32.2. The molecule has 1 aliphatic rings. The number of likely N-dealkylation sites (tertiary alicyclic amines) is 1. The highest BCUT2D eigenvalue weighted by Gasteiger charge is 2.24. The summed E-state index contributed by atoms with van der Waals surface area (Å²) in [6.45, 7) is 4.14. The van der Waals surface area contributed by atoms with E-state index in [0.717, 1.165) is 19.4 Å². The van der Waals surface area contributed by atoms with Gasteiger partial charge in [0.2, 0.25) is 15.8 Å². The lowest BCUT2D eigenvalue weighted by Crippen LogP contribution is -2.42. The minimum atomic E-state index is -3.78. The monoisotopic (exact) mass is 444 g/mol. The van der Waals surface area contributed by atoms with Gasteiger partial charge in [-0.1, -0.05) is 35.8 Å². The SMILES string of the molecule is CC1CCCCN1CCNS(=O)(=O)c1ccccc1-c1nc(-c2cccc(F)c2)no1. The van der Waals surface area contributed by atoms with Gasteiger partial charge >= 0.3 is 0 Å². The van der Waals surface area contributed by atoms with E-state index < -0.39 is 15.8 Å². The van der Waals surface area contributed by atoms with E-state index in [-0.39, 0.29) is 16.6 Å². The highest BCUT2D eigenvalue weighted by Crippen LogP contribution is 2.28. The average Bonchev–Trinajstić information content (AvgIpc) is 3.25. The van der Waals surface area contributed by atoms with Crippen molar-refractivity contribution in [3.63, 3.8) is 0 Å². The van der Waals surface area contributed by atoms with Gasteiger partial charge in [0.05, 0.1) is 10.5 Å². The number of benzene rings is 2. The molecule has 0 saturated carbocycles. The number of hydrogen-bond donors (Lipinski definition) is 1. The Morgan fingerprint density at radius 2 is 2.03 bits per heavy atom. The number of hydrogen-bond acceptors (Lipinski definition) is 6. The molecule has 31 heavy (non-hydrogen) atoms. The maximum atomic E-state index is 13.5. The van der Waals surface area contributed by atoms with Crippen molar-refractivity contribution in [1.29, 1.82) is 0 Å². The van der Waals surface area contributed by atoms with Crippen LogP contribution in [0, 0.1) is 5.82 Å². The van der Waals surface area contributed by atoms with E-state index >= 15 is 0 Å². The smallest absolute Gasteiger partial charge is 0.259 e. The topological polar surface area (TPSA) is 88.3 Å². The van der Waals surface area contributed by atoms with Gasteiger partial charge in [0, 0.05) is 24.7 Å². The van der Waals surface area contributed by atoms with Gasteiger partial charge in [-0.15, -0.1) is 0 Å². The van der Waals surface area contributed by atoms with Crippen molar-refractivity contribution in [2.45, 2.75) is 37.1 Å². The van der Waals surface area contributed by atoms with Crippen LogP contribution in [-0.4, -0.2) is 49.1 Å². The van der Waals surface area contributed by atoms with Crippen LogP contribution < -0.4 is 4.72 Å². The molecule has 0 aliphatic carbocycles. The molecule has 164 valence electrons. The van der Waals surface area contributed by atoms with Crippen LogP contribution in [0.2, 0.25) is 0 Å². The summed E-state index contributed by atoms with van der Waals surface area (Å²) in [4.78, 5) is 6.66. The van der Waals surface area contributed by atoms with Crippen molar-refractivity contribution in [2.24, 2.45) is 0 Å². The third-order valence-electron chi connectivity index (χ3n) is 5.55. The minimum absolute atomic E-state index is 0.0601. The fourth-order valence-corrected chi connectivity index (χ4v) is 5.06. The van der Waals surface area contributed by atoms with Gasteiger partial charge in [-0.25, -0.2) is 17.5 Å².